The van der Waals surface area contributed by atoms with Crippen LogP contribution in [0.25, 0.3) is 0 Å². The highest BCUT2D eigenvalue weighted by Gasteiger charge is 2.45. The second-order valence-electron chi connectivity index (χ2n) is 2.83. The van der Waals surface area contributed by atoms with Crippen molar-refractivity contribution in [2.45, 2.75) is 22.0 Å². The van der Waals surface area contributed by atoms with Crippen molar-refractivity contribution in [3.05, 3.63) is 0 Å². The predicted octanol–water partition coefficient (Wildman–Crippen LogP) is 5.80. The van der Waals surface area contributed by atoms with E-state index in [-0.39, 0.29) is 0 Å². The van der Waals surface area contributed by atoms with Gasteiger partial charge in [0.2, 0.25) is 0 Å². The molecule has 0 unspecified atom stereocenters. The number of nitrogens with zero attached hydrogens (tertiary/aromatic N) is 2. The van der Waals surface area contributed by atoms with E-state index in [0.29, 0.717) is 0 Å². The third-order valence-corrected chi connectivity index (χ3v) is 3.78. The zero-order valence-corrected chi connectivity index (χ0v) is 12.9. The van der Waals surface area contributed by atoms with Gasteiger partial charge in [-0.1, -0.05) is 0 Å². The third-order valence-electron chi connectivity index (χ3n) is 0.962. The molecule has 0 aliphatic rings. The van der Waals surface area contributed by atoms with Gasteiger partial charge >= 0.3 is 29.6 Å². The van der Waals surface area contributed by atoms with Crippen LogP contribution in [0, 0.1) is 0 Å². The number of rotatable bonds is 6. The van der Waals surface area contributed by atoms with Gasteiger partial charge in [0.05, 0.1) is 0 Å². The van der Waals surface area contributed by atoms with Crippen LogP contribution in [0.3, 0.4) is 0 Å². The van der Waals surface area contributed by atoms with E-state index in [1.807, 2.05) is 0 Å². The Balaban J connectivity index is 5.15. The molecule has 0 bridgehead atoms. The van der Waals surface area contributed by atoms with Gasteiger partial charge in [0.1, 0.15) is 0 Å². The zero-order chi connectivity index (χ0) is 18.7. The van der Waals surface area contributed by atoms with Crippen molar-refractivity contribution in [2.75, 3.05) is 0 Å². The van der Waals surface area contributed by atoms with E-state index in [4.69, 9.17) is 0 Å². The van der Waals surface area contributed by atoms with Gasteiger partial charge < -0.3 is 0 Å². The van der Waals surface area contributed by atoms with Crippen molar-refractivity contribution < 1.29 is 52.7 Å². The Morgan fingerprint density at radius 3 is 0.739 bits per heavy atom. The topological polar surface area (TPSA) is 6.48 Å². The molecular weight excluding hydrogens is 443 g/mol. The van der Waals surface area contributed by atoms with Crippen LogP contribution in [0.5, 0.6) is 0 Å². The number of hydrogen-bond donors (Lipinski definition) is 0. The number of halogens is 12. The lowest BCUT2D eigenvalue weighted by Crippen LogP contribution is -2.33. The molecule has 23 heavy (non-hydrogen) atoms. The fourth-order valence-corrected chi connectivity index (χ4v) is 3.55. The average molecular weight is 443 g/mol. The Morgan fingerprint density at radius 2 is 0.609 bits per heavy atom. The molecule has 0 aromatic carbocycles. The zero-order valence-electron chi connectivity index (χ0n) is 9.64. The van der Waals surface area contributed by atoms with Gasteiger partial charge in [0.25, 0.3) is 0 Å². The Kier molecular flexibility index (Phi) is 8.48. The SMILES string of the molecule is FC(F)(F)SN([B]N(SC(F)(F)F)SC(F)(F)F)SC(F)(F)F. The Labute approximate surface area is 137 Å². The third kappa shape index (κ3) is 15.8. The molecule has 0 aromatic heterocycles. The molecular formula is C4BF12N2S4. The molecule has 0 heterocycles. The van der Waals surface area contributed by atoms with E-state index >= 15 is 0 Å². The van der Waals surface area contributed by atoms with Crippen LogP contribution in [-0.4, -0.2) is 36.8 Å². The highest BCUT2D eigenvalue weighted by atomic mass is 32.2. The van der Waals surface area contributed by atoms with Gasteiger partial charge in [-0.05, 0) is 0 Å². The minimum Gasteiger partial charge on any atom is -0.205 e. The van der Waals surface area contributed by atoms with Gasteiger partial charge in [0.15, 0.2) is 0 Å². The van der Waals surface area contributed by atoms with E-state index in [1.54, 1.807) is 0 Å². The minimum atomic E-state index is -5.38. The van der Waals surface area contributed by atoms with Gasteiger partial charge in [-0.15, -0.1) is 0 Å². The minimum absolute atomic E-state index is 0.618. The fourth-order valence-electron chi connectivity index (χ4n) is 0.617. The maximum Gasteiger partial charge on any atom is 0.456 e. The summed E-state index contributed by atoms with van der Waals surface area (Å²) in [5.41, 5.74) is -21.5. The highest BCUT2D eigenvalue weighted by molar-refractivity contribution is 8.16. The Morgan fingerprint density at radius 1 is 0.435 bits per heavy atom. The molecule has 0 atom stereocenters. The van der Waals surface area contributed by atoms with Crippen LogP contribution in [0.2, 0.25) is 0 Å². The first-order valence-corrected chi connectivity index (χ1v) is 7.42. The number of alkyl halides is 12. The molecule has 0 amide bonds. The molecule has 0 spiro atoms. The van der Waals surface area contributed by atoms with E-state index in [9.17, 15) is 52.7 Å². The molecule has 0 rings (SSSR count). The summed E-state index contributed by atoms with van der Waals surface area (Å²) in [5.74, 6) is 0. The van der Waals surface area contributed by atoms with E-state index < -0.39 is 84.6 Å². The Bertz CT molecular complexity index is 298. The molecule has 0 aromatic rings. The summed E-state index contributed by atoms with van der Waals surface area (Å²) < 4.78 is 143. The van der Waals surface area contributed by atoms with Crippen LogP contribution < -0.4 is 0 Å². The quantitative estimate of drug-likeness (QED) is 0.289. The molecule has 1 radical (unpaired) electrons. The molecule has 0 N–H and O–H groups in total. The second kappa shape index (κ2) is 8.28. The van der Waals surface area contributed by atoms with Crippen molar-refractivity contribution in [3.63, 3.8) is 0 Å². The maximum absolute atomic E-state index is 12.1. The molecule has 2 nitrogen and oxygen atoms in total. The fraction of sp³-hybridized carbons (Fsp3) is 1.00. The average Bonchev–Trinajstić information content (AvgIpc) is 2.03. The van der Waals surface area contributed by atoms with Crippen molar-refractivity contribution >= 4 is 55.3 Å². The van der Waals surface area contributed by atoms with Crippen LogP contribution in [0.15, 0.2) is 0 Å². The van der Waals surface area contributed by atoms with Crippen LogP contribution >= 0.6 is 47.8 Å². The lowest BCUT2D eigenvalue weighted by molar-refractivity contribution is -0.0377. The van der Waals surface area contributed by atoms with Gasteiger partial charge in [-0.3, -0.25) is 0 Å². The van der Waals surface area contributed by atoms with E-state index in [1.165, 1.54) is 0 Å². The van der Waals surface area contributed by atoms with Gasteiger partial charge in [-0.25, -0.2) is 7.24 Å². The largest absolute Gasteiger partial charge is 0.456 e. The van der Waals surface area contributed by atoms with E-state index in [0.717, 1.165) is 0 Å². The standard InChI is InChI=1S/C4BF12N2S4/c6-1(7,8)20-18(21-2(9,10)11)5-19(22-3(12,13)14)23-4(15,16)17. The molecule has 19 heteroatoms. The van der Waals surface area contributed by atoms with Crippen molar-refractivity contribution in [2.24, 2.45) is 0 Å². The molecule has 0 saturated heterocycles. The second-order valence-corrected chi connectivity index (χ2v) is 7.45. The van der Waals surface area contributed by atoms with Crippen LogP contribution in [0.1, 0.15) is 0 Å². The lowest BCUT2D eigenvalue weighted by atomic mass is 10.3. The van der Waals surface area contributed by atoms with Crippen molar-refractivity contribution in [3.8, 4) is 0 Å². The van der Waals surface area contributed by atoms with E-state index in [2.05, 4.69) is 0 Å². The predicted molar refractivity (Wildman–Crippen MR) is 64.0 cm³/mol. The van der Waals surface area contributed by atoms with Crippen LogP contribution in [-0.2, 0) is 0 Å². The van der Waals surface area contributed by atoms with Crippen molar-refractivity contribution in [1.82, 2.24) is 7.24 Å². The summed E-state index contributed by atoms with van der Waals surface area (Å²) in [4.78, 5) is 0. The Hall–Kier alpha value is 0.545. The first kappa shape index (κ1) is 23.5. The summed E-state index contributed by atoms with van der Waals surface area (Å²) in [6.07, 6.45) is 0. The monoisotopic (exact) mass is 443 g/mol. The molecule has 0 fully saturated rings. The summed E-state index contributed by atoms with van der Waals surface area (Å²) in [6, 6.07) is 0. The first-order valence-electron chi connectivity index (χ1n) is 4.33. The van der Waals surface area contributed by atoms with Gasteiger partial charge in [0, 0.05) is 47.8 Å². The molecule has 0 aliphatic heterocycles. The van der Waals surface area contributed by atoms with Gasteiger partial charge in [-0.2, -0.15) is 52.7 Å². The molecule has 0 saturated carbocycles. The smallest absolute Gasteiger partial charge is 0.205 e. The summed E-state index contributed by atoms with van der Waals surface area (Å²) >= 11 is -6.29. The highest BCUT2D eigenvalue weighted by Crippen LogP contribution is 2.47. The molecule has 0 aliphatic carbocycles. The molecule has 137 valence electrons. The first-order chi connectivity index (χ1) is 9.86. The summed E-state index contributed by atoms with van der Waals surface area (Å²) in [5, 5.41) is 0. The van der Waals surface area contributed by atoms with Crippen molar-refractivity contribution in [1.29, 1.82) is 0 Å². The number of hydrogen-bond acceptors (Lipinski definition) is 6. The van der Waals surface area contributed by atoms with Crippen LogP contribution in [0.4, 0.5) is 52.7 Å². The summed E-state index contributed by atoms with van der Waals surface area (Å²) in [7, 11) is -0.618. The normalized spacial score (nSPS) is 14.7. The maximum atomic E-state index is 12.1. The lowest BCUT2D eigenvalue weighted by Gasteiger charge is -2.27. The summed E-state index contributed by atoms with van der Waals surface area (Å²) in [6.45, 7) is 0.